The molecule has 2 aromatic heterocycles. The van der Waals surface area contributed by atoms with Gasteiger partial charge in [0.05, 0.1) is 10.5 Å². The molecule has 2 N–H and O–H groups in total. The predicted molar refractivity (Wildman–Crippen MR) is 81.1 cm³/mol. The summed E-state index contributed by atoms with van der Waals surface area (Å²) in [5.74, 6) is 1.08. The van der Waals surface area contributed by atoms with Crippen molar-refractivity contribution >= 4 is 23.7 Å². The van der Waals surface area contributed by atoms with E-state index >= 15 is 0 Å². The Morgan fingerprint density at radius 1 is 1.30 bits per heavy atom. The third kappa shape index (κ3) is 2.60. The molecule has 1 fully saturated rings. The first-order valence-electron chi connectivity index (χ1n) is 6.48. The van der Waals surface area contributed by atoms with Gasteiger partial charge in [-0.2, -0.15) is 4.98 Å². The van der Waals surface area contributed by atoms with Crippen LogP contribution in [0, 0.1) is 0 Å². The van der Waals surface area contributed by atoms with Gasteiger partial charge in [-0.05, 0) is 19.3 Å². The van der Waals surface area contributed by atoms with E-state index in [4.69, 9.17) is 10.3 Å². The van der Waals surface area contributed by atoms with Crippen molar-refractivity contribution in [2.24, 2.45) is 5.73 Å². The van der Waals surface area contributed by atoms with Crippen LogP contribution in [0.3, 0.4) is 0 Å². The number of nitrogens with zero attached hydrogens (tertiary/aromatic N) is 3. The largest absolute Gasteiger partial charge is 0.332 e. The number of rotatable bonds is 2. The Balaban J connectivity index is 0.00000147. The zero-order valence-electron chi connectivity index (χ0n) is 11.8. The molecule has 5 nitrogen and oxygen atoms in total. The van der Waals surface area contributed by atoms with Gasteiger partial charge in [0.25, 0.3) is 5.89 Å². The van der Waals surface area contributed by atoms with E-state index in [9.17, 15) is 0 Å². The number of halogens is 1. The average molecular weight is 315 g/mol. The fourth-order valence-electron chi connectivity index (χ4n) is 2.03. The fourth-order valence-corrected chi connectivity index (χ4v) is 2.91. The van der Waals surface area contributed by atoms with E-state index in [-0.39, 0.29) is 23.4 Å². The number of hydrogen-bond acceptors (Lipinski definition) is 6. The van der Waals surface area contributed by atoms with Crippen LogP contribution in [-0.4, -0.2) is 15.1 Å². The minimum Gasteiger partial charge on any atom is -0.332 e. The van der Waals surface area contributed by atoms with Gasteiger partial charge in [-0.15, -0.1) is 23.7 Å². The smallest absolute Gasteiger partial charge is 0.277 e. The van der Waals surface area contributed by atoms with Gasteiger partial charge in [0.1, 0.15) is 5.69 Å². The molecule has 1 aliphatic rings. The molecule has 1 aliphatic carbocycles. The number of thiazole rings is 1. The normalized spacial score (nSPS) is 17.4. The fraction of sp³-hybridized carbons (Fsp3) is 0.615. The third-order valence-electron chi connectivity index (χ3n) is 3.48. The Hall–Kier alpha value is -0.980. The first-order chi connectivity index (χ1) is 8.88. The highest BCUT2D eigenvalue weighted by atomic mass is 35.5. The summed E-state index contributed by atoms with van der Waals surface area (Å²) in [5.41, 5.74) is 6.59. The van der Waals surface area contributed by atoms with Crippen LogP contribution in [0.25, 0.3) is 11.6 Å². The average Bonchev–Trinajstić information content (AvgIpc) is 2.93. The highest BCUT2D eigenvalue weighted by Gasteiger charge is 2.39. The lowest BCUT2D eigenvalue weighted by molar-refractivity contribution is 0.229. The molecule has 0 aromatic carbocycles. The van der Waals surface area contributed by atoms with Crippen LogP contribution in [0.2, 0.25) is 0 Å². The second kappa shape index (κ2) is 5.09. The van der Waals surface area contributed by atoms with Crippen LogP contribution >= 0.6 is 23.7 Å². The molecule has 0 bridgehead atoms. The number of nitrogens with two attached hydrogens (primary N) is 1. The summed E-state index contributed by atoms with van der Waals surface area (Å²) in [4.78, 5) is 8.98. The zero-order chi connectivity index (χ0) is 13.7. The number of aromatic nitrogens is 3. The first-order valence-corrected chi connectivity index (χ1v) is 7.36. The van der Waals surface area contributed by atoms with Crippen molar-refractivity contribution in [1.82, 2.24) is 15.1 Å². The molecule has 0 radical (unpaired) electrons. The van der Waals surface area contributed by atoms with Crippen LogP contribution in [0.15, 0.2) is 9.90 Å². The van der Waals surface area contributed by atoms with Gasteiger partial charge >= 0.3 is 0 Å². The van der Waals surface area contributed by atoms with Crippen LogP contribution in [0.1, 0.15) is 50.9 Å². The molecule has 0 spiro atoms. The highest BCUT2D eigenvalue weighted by Crippen LogP contribution is 2.38. The van der Waals surface area contributed by atoms with Crippen molar-refractivity contribution in [3.63, 3.8) is 0 Å². The van der Waals surface area contributed by atoms with Crippen molar-refractivity contribution in [2.75, 3.05) is 0 Å². The lowest BCUT2D eigenvalue weighted by Crippen LogP contribution is -2.44. The topological polar surface area (TPSA) is 77.8 Å². The Kier molecular flexibility index (Phi) is 3.92. The molecule has 0 amide bonds. The predicted octanol–water partition coefficient (Wildman–Crippen LogP) is 3.25. The van der Waals surface area contributed by atoms with Gasteiger partial charge in [0.2, 0.25) is 0 Å². The first kappa shape index (κ1) is 15.4. The lowest BCUT2D eigenvalue weighted by atomic mass is 9.77. The standard InChI is InChI=1S/C13H18N4OS.ClH/c1-12(2,3)11-15-8(7-19-11)9-16-10(17-18-9)13(14)5-4-6-13;/h7H,4-6,14H2,1-3H3;1H. The quantitative estimate of drug-likeness (QED) is 0.920. The van der Waals surface area contributed by atoms with Crippen LogP contribution in [-0.2, 0) is 11.0 Å². The van der Waals surface area contributed by atoms with E-state index < -0.39 is 0 Å². The van der Waals surface area contributed by atoms with Gasteiger partial charge in [0.15, 0.2) is 5.82 Å². The summed E-state index contributed by atoms with van der Waals surface area (Å²) in [6.45, 7) is 6.41. The molecule has 0 saturated heterocycles. The Bertz CT molecular complexity index is 598. The van der Waals surface area contributed by atoms with Crippen molar-refractivity contribution in [3.8, 4) is 11.6 Å². The molecule has 0 atom stereocenters. The Morgan fingerprint density at radius 2 is 2.00 bits per heavy atom. The molecule has 110 valence electrons. The van der Waals surface area contributed by atoms with E-state index in [1.54, 1.807) is 11.3 Å². The van der Waals surface area contributed by atoms with Crippen molar-refractivity contribution in [2.45, 2.75) is 51.0 Å². The molecular formula is C13H19ClN4OS. The van der Waals surface area contributed by atoms with E-state index in [0.29, 0.717) is 11.7 Å². The van der Waals surface area contributed by atoms with Gasteiger partial charge in [-0.25, -0.2) is 4.98 Å². The molecule has 20 heavy (non-hydrogen) atoms. The van der Waals surface area contributed by atoms with E-state index in [0.717, 1.165) is 30.0 Å². The summed E-state index contributed by atoms with van der Waals surface area (Å²) in [7, 11) is 0. The summed E-state index contributed by atoms with van der Waals surface area (Å²) in [6.07, 6.45) is 2.98. The summed E-state index contributed by atoms with van der Waals surface area (Å²) >= 11 is 1.62. The van der Waals surface area contributed by atoms with Crippen LogP contribution < -0.4 is 5.73 Å². The summed E-state index contributed by atoms with van der Waals surface area (Å²) in [5, 5.41) is 7.03. The van der Waals surface area contributed by atoms with Crippen molar-refractivity contribution in [1.29, 1.82) is 0 Å². The minimum absolute atomic E-state index is 0. The molecular weight excluding hydrogens is 296 g/mol. The zero-order valence-corrected chi connectivity index (χ0v) is 13.5. The van der Waals surface area contributed by atoms with Crippen molar-refractivity contribution in [3.05, 3.63) is 16.2 Å². The summed E-state index contributed by atoms with van der Waals surface area (Å²) < 4.78 is 5.30. The molecule has 1 saturated carbocycles. The maximum Gasteiger partial charge on any atom is 0.277 e. The second-order valence-corrected chi connectivity index (χ2v) is 7.08. The maximum atomic E-state index is 6.19. The monoisotopic (exact) mass is 314 g/mol. The van der Waals surface area contributed by atoms with Gasteiger partial charge < -0.3 is 10.3 Å². The molecule has 7 heteroatoms. The van der Waals surface area contributed by atoms with E-state index in [1.165, 1.54) is 0 Å². The molecule has 3 rings (SSSR count). The minimum atomic E-state index is -0.384. The highest BCUT2D eigenvalue weighted by molar-refractivity contribution is 7.10. The Labute approximate surface area is 128 Å². The van der Waals surface area contributed by atoms with Crippen LogP contribution in [0.4, 0.5) is 0 Å². The van der Waals surface area contributed by atoms with Crippen molar-refractivity contribution < 1.29 is 4.52 Å². The van der Waals surface area contributed by atoms with Crippen LogP contribution in [0.5, 0.6) is 0 Å². The lowest BCUT2D eigenvalue weighted by Gasteiger charge is -2.34. The van der Waals surface area contributed by atoms with Gasteiger partial charge in [0, 0.05) is 10.8 Å². The van der Waals surface area contributed by atoms with E-state index in [2.05, 4.69) is 35.9 Å². The van der Waals surface area contributed by atoms with Gasteiger partial charge in [-0.1, -0.05) is 25.9 Å². The van der Waals surface area contributed by atoms with E-state index in [1.807, 2.05) is 5.38 Å². The second-order valence-electron chi connectivity index (χ2n) is 6.22. The molecule has 0 aliphatic heterocycles. The Morgan fingerprint density at radius 3 is 2.50 bits per heavy atom. The van der Waals surface area contributed by atoms with Gasteiger partial charge in [-0.3, -0.25) is 0 Å². The maximum absolute atomic E-state index is 6.19. The molecule has 2 heterocycles. The molecule has 2 aromatic rings. The summed E-state index contributed by atoms with van der Waals surface area (Å²) in [6, 6.07) is 0. The SMILES string of the molecule is CC(C)(C)c1nc(-c2nc(C3(N)CCC3)no2)cs1.Cl. The third-order valence-corrected chi connectivity index (χ3v) is 4.75. The molecule has 0 unspecified atom stereocenters. The number of hydrogen-bond donors (Lipinski definition) is 1.